The minimum atomic E-state index is -4.63. The number of pyridine rings is 1. The third-order valence-corrected chi connectivity index (χ3v) is 5.16. The van der Waals surface area contributed by atoms with Gasteiger partial charge in [0, 0.05) is 23.6 Å². The minimum Gasteiger partial charge on any atom is -0.335 e. The number of benzene rings is 1. The zero-order valence-electron chi connectivity index (χ0n) is 14.8. The molecular formula is C17H14ClF3N6OS. The van der Waals surface area contributed by atoms with E-state index in [0.717, 1.165) is 23.9 Å². The number of aromatic nitrogens is 4. The molecular weight excluding hydrogens is 429 g/mol. The number of nitrogens with two attached hydrogens (primary N) is 1. The molecule has 0 spiro atoms. The second kappa shape index (κ2) is 8.29. The van der Waals surface area contributed by atoms with Crippen LogP contribution in [0.5, 0.6) is 0 Å². The van der Waals surface area contributed by atoms with Crippen molar-refractivity contribution in [1.29, 1.82) is 0 Å². The van der Waals surface area contributed by atoms with Crippen LogP contribution in [0.1, 0.15) is 12.5 Å². The lowest BCUT2D eigenvalue weighted by molar-refractivity contribution is -0.137. The lowest BCUT2D eigenvalue weighted by Gasteiger charge is -2.14. The summed E-state index contributed by atoms with van der Waals surface area (Å²) in [6, 6.07) is 6.62. The normalized spacial score (nSPS) is 12.6. The van der Waals surface area contributed by atoms with Crippen molar-refractivity contribution >= 4 is 35.0 Å². The van der Waals surface area contributed by atoms with E-state index in [-0.39, 0.29) is 10.8 Å². The standard InChI is InChI=1S/C17H14ClF3N6OS/c1-9(15(28)24-11-4-5-13(18)12(7-11)17(19,20)21)29-16-26-25-14(27(16)22)10-3-2-6-23-8-10/h2-9H,22H2,1H3,(H,24,28)/t9-/m0/s1. The first-order valence-electron chi connectivity index (χ1n) is 8.12. The van der Waals surface area contributed by atoms with E-state index in [4.69, 9.17) is 17.4 Å². The van der Waals surface area contributed by atoms with E-state index >= 15 is 0 Å². The maximum absolute atomic E-state index is 13.0. The van der Waals surface area contributed by atoms with Crippen molar-refractivity contribution in [1.82, 2.24) is 19.9 Å². The minimum absolute atomic E-state index is 0.0237. The maximum Gasteiger partial charge on any atom is 0.417 e. The molecule has 0 radical (unpaired) electrons. The lowest BCUT2D eigenvalue weighted by atomic mass is 10.2. The van der Waals surface area contributed by atoms with Crippen LogP contribution in [0.15, 0.2) is 47.9 Å². The molecule has 0 saturated carbocycles. The molecule has 0 bridgehead atoms. The van der Waals surface area contributed by atoms with Crippen LogP contribution < -0.4 is 11.2 Å². The first kappa shape index (κ1) is 20.9. The molecule has 1 aromatic carbocycles. The second-order valence-electron chi connectivity index (χ2n) is 5.86. The Morgan fingerprint density at radius 1 is 1.31 bits per heavy atom. The fourth-order valence-electron chi connectivity index (χ4n) is 2.33. The summed E-state index contributed by atoms with van der Waals surface area (Å²) >= 11 is 6.59. The van der Waals surface area contributed by atoms with Crippen molar-refractivity contribution in [3.05, 3.63) is 53.3 Å². The van der Waals surface area contributed by atoms with Gasteiger partial charge in [0.05, 0.1) is 15.8 Å². The molecule has 29 heavy (non-hydrogen) atoms. The molecule has 3 rings (SSSR count). The average Bonchev–Trinajstić information content (AvgIpc) is 3.03. The molecule has 0 saturated heterocycles. The third-order valence-electron chi connectivity index (χ3n) is 3.77. The highest BCUT2D eigenvalue weighted by molar-refractivity contribution is 8.00. The van der Waals surface area contributed by atoms with Crippen LogP contribution >= 0.6 is 23.4 Å². The molecule has 2 aromatic heterocycles. The Labute approximate surface area is 172 Å². The molecule has 2 heterocycles. The van der Waals surface area contributed by atoms with E-state index in [9.17, 15) is 18.0 Å². The molecule has 3 N–H and O–H groups in total. The smallest absolute Gasteiger partial charge is 0.335 e. The quantitative estimate of drug-likeness (QED) is 0.460. The molecule has 0 aliphatic rings. The zero-order valence-corrected chi connectivity index (χ0v) is 16.4. The number of rotatable bonds is 5. The summed E-state index contributed by atoms with van der Waals surface area (Å²) in [5, 5.41) is 9.48. The summed E-state index contributed by atoms with van der Waals surface area (Å²) in [5.74, 6) is 5.82. The molecule has 0 fully saturated rings. The van der Waals surface area contributed by atoms with Crippen LogP contribution in [-0.4, -0.2) is 31.0 Å². The number of anilines is 1. The zero-order chi connectivity index (χ0) is 21.2. The summed E-state index contributed by atoms with van der Waals surface area (Å²) in [5.41, 5.74) is -0.406. The van der Waals surface area contributed by atoms with Gasteiger partial charge in [-0.2, -0.15) is 13.2 Å². The summed E-state index contributed by atoms with van der Waals surface area (Å²) in [4.78, 5) is 16.4. The molecule has 152 valence electrons. The van der Waals surface area contributed by atoms with Gasteiger partial charge in [0.25, 0.3) is 0 Å². The van der Waals surface area contributed by atoms with Crippen LogP contribution in [0.4, 0.5) is 18.9 Å². The number of halogens is 4. The summed E-state index contributed by atoms with van der Waals surface area (Å²) in [6.07, 6.45) is -1.46. The van der Waals surface area contributed by atoms with E-state index in [0.29, 0.717) is 11.4 Å². The van der Waals surface area contributed by atoms with Crippen LogP contribution in [-0.2, 0) is 11.0 Å². The number of hydrogen-bond acceptors (Lipinski definition) is 6. The fourth-order valence-corrected chi connectivity index (χ4v) is 3.32. The van der Waals surface area contributed by atoms with E-state index in [1.54, 1.807) is 31.5 Å². The van der Waals surface area contributed by atoms with Crippen molar-refractivity contribution in [3.8, 4) is 11.4 Å². The molecule has 12 heteroatoms. The van der Waals surface area contributed by atoms with Gasteiger partial charge in [-0.3, -0.25) is 9.78 Å². The number of hydrogen-bond donors (Lipinski definition) is 2. The number of amides is 1. The summed E-state index contributed by atoms with van der Waals surface area (Å²) < 4.78 is 40.1. The van der Waals surface area contributed by atoms with Gasteiger partial charge in [-0.25, -0.2) is 4.68 Å². The molecule has 1 amide bonds. The predicted molar refractivity (Wildman–Crippen MR) is 104 cm³/mol. The molecule has 0 aliphatic heterocycles. The van der Waals surface area contributed by atoms with Gasteiger partial charge < -0.3 is 11.2 Å². The molecule has 0 aliphatic carbocycles. The Kier molecular flexibility index (Phi) is 5.99. The molecule has 0 unspecified atom stereocenters. The average molecular weight is 443 g/mol. The Bertz CT molecular complexity index is 1030. The van der Waals surface area contributed by atoms with E-state index in [2.05, 4.69) is 20.5 Å². The largest absolute Gasteiger partial charge is 0.417 e. The number of nitrogen functional groups attached to an aromatic ring is 1. The highest BCUT2D eigenvalue weighted by atomic mass is 35.5. The van der Waals surface area contributed by atoms with Gasteiger partial charge in [0.15, 0.2) is 5.82 Å². The topological polar surface area (TPSA) is 98.7 Å². The van der Waals surface area contributed by atoms with E-state index < -0.39 is 27.9 Å². The highest BCUT2D eigenvalue weighted by Gasteiger charge is 2.33. The van der Waals surface area contributed by atoms with Crippen molar-refractivity contribution in [2.24, 2.45) is 0 Å². The van der Waals surface area contributed by atoms with Gasteiger partial charge in [-0.1, -0.05) is 23.4 Å². The van der Waals surface area contributed by atoms with Crippen LogP contribution in [0.25, 0.3) is 11.4 Å². The lowest BCUT2D eigenvalue weighted by Crippen LogP contribution is -2.24. The van der Waals surface area contributed by atoms with Gasteiger partial charge in [0.2, 0.25) is 11.1 Å². The van der Waals surface area contributed by atoms with Crippen LogP contribution in [0.3, 0.4) is 0 Å². The number of alkyl halides is 3. The predicted octanol–water partition coefficient (Wildman–Crippen LogP) is 3.85. The first-order valence-corrected chi connectivity index (χ1v) is 9.37. The van der Waals surface area contributed by atoms with E-state index in [1.165, 1.54) is 10.7 Å². The Hall–Kier alpha value is -2.79. The summed E-state index contributed by atoms with van der Waals surface area (Å²) in [7, 11) is 0. The van der Waals surface area contributed by atoms with E-state index in [1.807, 2.05) is 0 Å². The van der Waals surface area contributed by atoms with Gasteiger partial charge >= 0.3 is 6.18 Å². The van der Waals surface area contributed by atoms with Crippen LogP contribution in [0.2, 0.25) is 5.02 Å². The van der Waals surface area contributed by atoms with Crippen molar-refractivity contribution in [3.63, 3.8) is 0 Å². The first-order chi connectivity index (χ1) is 13.7. The summed E-state index contributed by atoms with van der Waals surface area (Å²) in [6.45, 7) is 1.57. The Morgan fingerprint density at radius 3 is 2.72 bits per heavy atom. The number of carbonyl (C=O) groups is 1. The van der Waals surface area contributed by atoms with Gasteiger partial charge in [-0.15, -0.1) is 10.2 Å². The SMILES string of the molecule is C[C@H](Sc1nnc(-c2cccnc2)n1N)C(=O)Nc1ccc(Cl)c(C(F)(F)F)c1. The Balaban J connectivity index is 1.72. The second-order valence-corrected chi connectivity index (χ2v) is 7.57. The molecule has 3 aromatic rings. The Morgan fingerprint density at radius 2 is 2.07 bits per heavy atom. The monoisotopic (exact) mass is 442 g/mol. The number of nitrogens with one attached hydrogen (secondary N) is 1. The van der Waals surface area contributed by atoms with Crippen LogP contribution in [0, 0.1) is 0 Å². The number of carbonyl (C=O) groups excluding carboxylic acids is 1. The third kappa shape index (κ3) is 4.80. The fraction of sp³-hybridized carbons (Fsp3) is 0.176. The van der Waals surface area contributed by atoms with Crippen molar-refractivity contribution < 1.29 is 18.0 Å². The van der Waals surface area contributed by atoms with Gasteiger partial charge in [0.1, 0.15) is 0 Å². The van der Waals surface area contributed by atoms with Crippen molar-refractivity contribution in [2.75, 3.05) is 11.2 Å². The maximum atomic E-state index is 13.0. The highest BCUT2D eigenvalue weighted by Crippen LogP contribution is 2.36. The van der Waals surface area contributed by atoms with Crippen molar-refractivity contribution in [2.45, 2.75) is 23.5 Å². The number of thioether (sulfide) groups is 1. The molecule has 1 atom stereocenters. The molecule has 7 nitrogen and oxygen atoms in total. The van der Waals surface area contributed by atoms with Gasteiger partial charge in [-0.05, 0) is 37.3 Å². The number of nitrogens with zero attached hydrogens (tertiary/aromatic N) is 4.